The molecule has 140 valence electrons. The van der Waals surface area contributed by atoms with E-state index in [0.717, 1.165) is 10.0 Å². The van der Waals surface area contributed by atoms with Gasteiger partial charge in [0, 0.05) is 15.4 Å². The third kappa shape index (κ3) is 4.36. The molecule has 0 bridgehead atoms. The molecule has 7 heteroatoms. The van der Waals surface area contributed by atoms with Crippen molar-refractivity contribution in [1.29, 1.82) is 0 Å². The number of hydrogen-bond acceptors (Lipinski definition) is 4. The lowest BCUT2D eigenvalue weighted by Crippen LogP contribution is -2.04. The minimum atomic E-state index is -0.493. The van der Waals surface area contributed by atoms with E-state index in [4.69, 9.17) is 4.74 Å². The van der Waals surface area contributed by atoms with Crippen LogP contribution in [0.1, 0.15) is 29.8 Å². The van der Waals surface area contributed by atoms with Crippen LogP contribution in [0.3, 0.4) is 0 Å². The molecule has 27 heavy (non-hydrogen) atoms. The van der Waals surface area contributed by atoms with Crippen molar-refractivity contribution in [3.8, 4) is 11.6 Å². The van der Waals surface area contributed by atoms with Crippen LogP contribution in [0.25, 0.3) is 10.9 Å². The van der Waals surface area contributed by atoms with Crippen LogP contribution in [-0.4, -0.2) is 22.6 Å². The Balaban J connectivity index is 1.80. The lowest BCUT2D eigenvalue weighted by molar-refractivity contribution is 0.0995. The van der Waals surface area contributed by atoms with Crippen LogP contribution in [0.4, 0.5) is 5.69 Å². The molecule has 2 N–H and O–H groups in total. The highest BCUT2D eigenvalue weighted by molar-refractivity contribution is 9.10. The molecule has 1 aromatic heterocycles. The van der Waals surface area contributed by atoms with E-state index in [1.807, 2.05) is 19.1 Å². The van der Waals surface area contributed by atoms with Gasteiger partial charge in [-0.25, -0.2) is 0 Å². The zero-order valence-corrected chi connectivity index (χ0v) is 16.9. The molecular formula is C20H20BrN3O3. The largest absolute Gasteiger partial charge is 0.493 e. The first-order valence-corrected chi connectivity index (χ1v) is 9.34. The second kappa shape index (κ2) is 7.92. The smallest absolute Gasteiger partial charge is 0.295 e. The quantitative estimate of drug-likeness (QED) is 0.494. The normalized spacial score (nSPS) is 11.6. The van der Waals surface area contributed by atoms with E-state index < -0.39 is 5.91 Å². The number of carbonyl (C=O) groups excluding carboxylic acids is 1. The molecule has 1 heterocycles. The number of aromatic nitrogens is 1. The van der Waals surface area contributed by atoms with Crippen molar-refractivity contribution in [2.75, 3.05) is 6.61 Å². The number of amides is 1. The predicted octanol–water partition coefficient (Wildman–Crippen LogP) is 5.90. The number of nitrogens with zero attached hydrogens (tertiary/aromatic N) is 2. The van der Waals surface area contributed by atoms with E-state index in [2.05, 4.69) is 45.0 Å². The molecule has 3 aromatic rings. The second-order valence-corrected chi connectivity index (χ2v) is 7.56. The number of aromatic amines is 1. The zero-order chi connectivity index (χ0) is 19.6. The number of hydrogen-bond donors (Lipinski definition) is 2. The lowest BCUT2D eigenvalue weighted by atomic mass is 10.1. The molecule has 1 amide bonds. The van der Waals surface area contributed by atoms with Crippen LogP contribution >= 0.6 is 15.9 Å². The molecule has 0 saturated carbocycles. The molecule has 0 aliphatic rings. The maximum absolute atomic E-state index is 12.3. The summed E-state index contributed by atoms with van der Waals surface area (Å²) in [7, 11) is 0. The minimum Gasteiger partial charge on any atom is -0.493 e. The van der Waals surface area contributed by atoms with Crippen molar-refractivity contribution in [1.82, 2.24) is 4.98 Å². The average molecular weight is 430 g/mol. The minimum absolute atomic E-state index is 0.128. The summed E-state index contributed by atoms with van der Waals surface area (Å²) in [6.07, 6.45) is 0. The van der Waals surface area contributed by atoms with Gasteiger partial charge in [0.25, 0.3) is 5.91 Å². The summed E-state index contributed by atoms with van der Waals surface area (Å²) in [6, 6.07) is 10.5. The number of fused-ring (bicyclic) bond motifs is 1. The first-order chi connectivity index (χ1) is 12.8. The van der Waals surface area contributed by atoms with Gasteiger partial charge >= 0.3 is 0 Å². The summed E-state index contributed by atoms with van der Waals surface area (Å²) in [5, 5.41) is 18.5. The van der Waals surface area contributed by atoms with Crippen LogP contribution in [-0.2, 0) is 0 Å². The van der Waals surface area contributed by atoms with Gasteiger partial charge in [0.05, 0.1) is 12.1 Å². The number of nitrogens with one attached hydrogen (secondary N) is 1. The number of carbonyl (C=O) groups is 1. The van der Waals surface area contributed by atoms with Crippen molar-refractivity contribution in [2.24, 2.45) is 16.1 Å². The van der Waals surface area contributed by atoms with E-state index in [1.165, 1.54) is 0 Å². The zero-order valence-electron chi connectivity index (χ0n) is 15.3. The van der Waals surface area contributed by atoms with Crippen LogP contribution in [0.15, 0.2) is 51.1 Å². The molecule has 0 spiro atoms. The molecule has 6 nitrogen and oxygen atoms in total. The van der Waals surface area contributed by atoms with Gasteiger partial charge in [-0.05, 0) is 54.8 Å². The number of rotatable bonds is 5. The van der Waals surface area contributed by atoms with Crippen LogP contribution in [0.2, 0.25) is 0 Å². The highest BCUT2D eigenvalue weighted by Gasteiger charge is 2.13. The molecule has 3 rings (SSSR count). The monoisotopic (exact) mass is 429 g/mol. The summed E-state index contributed by atoms with van der Waals surface area (Å²) >= 11 is 3.45. The van der Waals surface area contributed by atoms with Crippen molar-refractivity contribution in [2.45, 2.75) is 20.8 Å². The Morgan fingerprint density at radius 2 is 1.96 bits per heavy atom. The Kier molecular flexibility index (Phi) is 5.60. The maximum atomic E-state index is 12.3. The highest BCUT2D eigenvalue weighted by Crippen LogP contribution is 2.37. The predicted molar refractivity (Wildman–Crippen MR) is 108 cm³/mol. The Bertz CT molecular complexity index is 1010. The molecule has 0 unspecified atom stereocenters. The molecular weight excluding hydrogens is 410 g/mol. The summed E-state index contributed by atoms with van der Waals surface area (Å²) in [6.45, 7) is 6.68. The van der Waals surface area contributed by atoms with E-state index >= 15 is 0 Å². The lowest BCUT2D eigenvalue weighted by Gasteiger charge is -2.08. The number of aryl methyl sites for hydroxylation is 1. The molecule has 0 saturated heterocycles. The van der Waals surface area contributed by atoms with Gasteiger partial charge in [0.15, 0.2) is 5.69 Å². The van der Waals surface area contributed by atoms with Crippen molar-refractivity contribution >= 4 is 38.4 Å². The third-order valence-electron chi connectivity index (χ3n) is 3.96. The van der Waals surface area contributed by atoms with Gasteiger partial charge in [-0.3, -0.25) is 4.79 Å². The summed E-state index contributed by atoms with van der Waals surface area (Å²) < 4.78 is 6.51. The summed E-state index contributed by atoms with van der Waals surface area (Å²) in [5.41, 5.74) is 2.33. The van der Waals surface area contributed by atoms with Gasteiger partial charge in [0.1, 0.15) is 5.75 Å². The number of benzene rings is 2. The fourth-order valence-corrected chi connectivity index (χ4v) is 2.85. The topological polar surface area (TPSA) is 87.0 Å². The van der Waals surface area contributed by atoms with Crippen molar-refractivity contribution in [3.63, 3.8) is 0 Å². The van der Waals surface area contributed by atoms with Gasteiger partial charge in [-0.15, -0.1) is 10.2 Å². The van der Waals surface area contributed by atoms with Crippen LogP contribution < -0.4 is 4.74 Å². The second-order valence-electron chi connectivity index (χ2n) is 6.70. The Morgan fingerprint density at radius 1 is 1.26 bits per heavy atom. The van der Waals surface area contributed by atoms with Crippen LogP contribution in [0, 0.1) is 12.8 Å². The molecule has 0 fully saturated rings. The fourth-order valence-electron chi connectivity index (χ4n) is 2.51. The molecule has 0 aliphatic carbocycles. The van der Waals surface area contributed by atoms with Gasteiger partial charge in [-0.1, -0.05) is 29.8 Å². The SMILES string of the molecule is Cc1cc2c(N=NC(=O)c3ccc(OCC(C)C)cc3)c(O)[nH]c2cc1Br. The Morgan fingerprint density at radius 3 is 2.63 bits per heavy atom. The molecule has 0 radical (unpaired) electrons. The van der Waals surface area contributed by atoms with Gasteiger partial charge < -0.3 is 14.8 Å². The van der Waals surface area contributed by atoms with Gasteiger partial charge in [0.2, 0.25) is 5.88 Å². The summed E-state index contributed by atoms with van der Waals surface area (Å²) in [5.74, 6) is 0.505. The average Bonchev–Trinajstić information content (AvgIpc) is 2.93. The van der Waals surface area contributed by atoms with Crippen LogP contribution in [0.5, 0.6) is 11.6 Å². The number of azo groups is 1. The third-order valence-corrected chi connectivity index (χ3v) is 4.81. The molecule has 2 aromatic carbocycles. The van der Waals surface area contributed by atoms with Crippen molar-refractivity contribution in [3.05, 3.63) is 52.0 Å². The maximum Gasteiger partial charge on any atom is 0.295 e. The molecule has 0 atom stereocenters. The number of ether oxygens (including phenoxy) is 1. The number of H-pyrrole nitrogens is 1. The van der Waals surface area contributed by atoms with Gasteiger partial charge in [-0.2, -0.15) is 0 Å². The first-order valence-electron chi connectivity index (χ1n) is 8.55. The highest BCUT2D eigenvalue weighted by atomic mass is 79.9. The van der Waals surface area contributed by atoms with E-state index in [0.29, 0.717) is 34.7 Å². The number of aromatic hydroxyl groups is 1. The summed E-state index contributed by atoms with van der Waals surface area (Å²) in [4.78, 5) is 15.1. The van der Waals surface area contributed by atoms with E-state index in [1.54, 1.807) is 24.3 Å². The first kappa shape index (κ1) is 19.1. The van der Waals surface area contributed by atoms with E-state index in [-0.39, 0.29) is 11.6 Å². The van der Waals surface area contributed by atoms with E-state index in [9.17, 15) is 9.90 Å². The fraction of sp³-hybridized carbons (Fsp3) is 0.250. The standard InChI is InChI=1S/C20H20BrN3O3/c1-11(2)10-27-14-6-4-13(5-7-14)19(25)24-23-18-15-8-12(3)16(21)9-17(15)22-20(18)26/h4-9,11,22,26H,10H2,1-3H3. The molecule has 0 aliphatic heterocycles. The van der Waals surface area contributed by atoms with Crippen molar-refractivity contribution < 1.29 is 14.6 Å². The Labute approximate surface area is 165 Å². The number of halogens is 1. The Hall–Kier alpha value is -2.67.